The summed E-state index contributed by atoms with van der Waals surface area (Å²) >= 11 is 0. The first-order valence-electron chi connectivity index (χ1n) is 8.19. The second-order valence-corrected chi connectivity index (χ2v) is 6.46. The Hall–Kier alpha value is -0.860. The predicted molar refractivity (Wildman–Crippen MR) is 87.0 cm³/mol. The molecule has 0 aromatic heterocycles. The molecule has 0 aliphatic carbocycles. The molecule has 2 rings (SSSR count). The molecule has 1 heterocycles. The summed E-state index contributed by atoms with van der Waals surface area (Å²) in [6.07, 6.45) is 5.47. The monoisotopic (exact) mass is 274 g/mol. The molecule has 1 fully saturated rings. The third-order valence-electron chi connectivity index (χ3n) is 4.67. The molecule has 0 saturated carbocycles. The molecule has 0 bridgehead atoms. The van der Waals surface area contributed by atoms with Gasteiger partial charge >= 0.3 is 0 Å². The van der Waals surface area contributed by atoms with E-state index in [2.05, 4.69) is 61.3 Å². The summed E-state index contributed by atoms with van der Waals surface area (Å²) in [5.41, 5.74) is 1.56. The molecule has 1 aromatic carbocycles. The fourth-order valence-electron chi connectivity index (χ4n) is 3.45. The van der Waals surface area contributed by atoms with Gasteiger partial charge in [0.25, 0.3) is 0 Å². The van der Waals surface area contributed by atoms with Crippen LogP contribution < -0.4 is 5.32 Å². The van der Waals surface area contributed by atoms with Crippen LogP contribution in [0.25, 0.3) is 0 Å². The van der Waals surface area contributed by atoms with E-state index in [-0.39, 0.29) is 5.54 Å². The minimum atomic E-state index is 0.154. The zero-order valence-corrected chi connectivity index (χ0v) is 13.4. The highest BCUT2D eigenvalue weighted by atomic mass is 15.2. The lowest BCUT2D eigenvalue weighted by Gasteiger charge is -2.44. The molecule has 2 nitrogen and oxygen atoms in total. The summed E-state index contributed by atoms with van der Waals surface area (Å²) in [5.74, 6) is 0. The molecular weight excluding hydrogens is 244 g/mol. The Morgan fingerprint density at radius 2 is 1.65 bits per heavy atom. The van der Waals surface area contributed by atoms with Crippen molar-refractivity contribution >= 4 is 0 Å². The topological polar surface area (TPSA) is 15.3 Å². The molecule has 0 radical (unpaired) electrons. The third-order valence-corrected chi connectivity index (χ3v) is 4.67. The minimum absolute atomic E-state index is 0.154. The molecule has 112 valence electrons. The number of rotatable bonds is 5. The maximum absolute atomic E-state index is 3.72. The number of likely N-dealkylation sites (tertiary alicyclic amines) is 1. The average molecular weight is 274 g/mol. The van der Waals surface area contributed by atoms with Crippen molar-refractivity contribution in [1.29, 1.82) is 0 Å². The average Bonchev–Trinajstić information content (AvgIpc) is 2.75. The van der Waals surface area contributed by atoms with E-state index in [1.807, 2.05) is 0 Å². The van der Waals surface area contributed by atoms with Gasteiger partial charge in [0.1, 0.15) is 0 Å². The van der Waals surface area contributed by atoms with Crippen molar-refractivity contribution in [2.24, 2.45) is 0 Å². The van der Waals surface area contributed by atoms with E-state index >= 15 is 0 Å². The number of likely N-dealkylation sites (N-methyl/N-ethyl adjacent to an activating group) is 1. The second-order valence-electron chi connectivity index (χ2n) is 6.46. The standard InChI is InChI=1S/C18H30N2/c1-4-19-17(16-12-8-7-9-13-16)18(2,3)20-14-10-5-6-11-15-20/h7-9,12-13,17,19H,4-6,10-11,14-15H2,1-3H3. The van der Waals surface area contributed by atoms with Gasteiger partial charge in [-0.2, -0.15) is 0 Å². The maximum Gasteiger partial charge on any atom is 0.0501 e. The van der Waals surface area contributed by atoms with Crippen LogP contribution in [0.4, 0.5) is 0 Å². The van der Waals surface area contributed by atoms with Crippen molar-refractivity contribution < 1.29 is 0 Å². The van der Waals surface area contributed by atoms with Crippen LogP contribution in [0.3, 0.4) is 0 Å². The highest BCUT2D eigenvalue weighted by Gasteiger charge is 2.35. The van der Waals surface area contributed by atoms with Crippen LogP contribution in [0, 0.1) is 0 Å². The highest BCUT2D eigenvalue weighted by Crippen LogP contribution is 2.32. The normalized spacial score (nSPS) is 19.6. The number of hydrogen-bond donors (Lipinski definition) is 1. The van der Waals surface area contributed by atoms with Crippen molar-refractivity contribution in [3.63, 3.8) is 0 Å². The summed E-state index contributed by atoms with van der Waals surface area (Å²) in [4.78, 5) is 2.69. The molecule has 1 aliphatic heterocycles. The first-order chi connectivity index (χ1) is 9.66. The highest BCUT2D eigenvalue weighted by molar-refractivity contribution is 5.22. The van der Waals surface area contributed by atoms with E-state index in [9.17, 15) is 0 Å². The first kappa shape index (κ1) is 15.5. The van der Waals surface area contributed by atoms with Gasteiger partial charge in [-0.3, -0.25) is 4.90 Å². The Morgan fingerprint density at radius 1 is 1.05 bits per heavy atom. The van der Waals surface area contributed by atoms with E-state index in [0.717, 1.165) is 6.54 Å². The molecule has 2 heteroatoms. The van der Waals surface area contributed by atoms with Gasteiger partial charge in [-0.25, -0.2) is 0 Å². The SMILES string of the molecule is CCNC(c1ccccc1)C(C)(C)N1CCCCCC1. The Balaban J connectivity index is 2.21. The summed E-state index contributed by atoms with van der Waals surface area (Å²) in [6.45, 7) is 10.5. The van der Waals surface area contributed by atoms with Gasteiger partial charge in [0.2, 0.25) is 0 Å². The van der Waals surface area contributed by atoms with E-state index in [0.29, 0.717) is 6.04 Å². The molecule has 0 spiro atoms. The maximum atomic E-state index is 3.72. The van der Waals surface area contributed by atoms with E-state index < -0.39 is 0 Å². The van der Waals surface area contributed by atoms with Crippen molar-refractivity contribution in [3.8, 4) is 0 Å². The Bertz CT molecular complexity index is 378. The van der Waals surface area contributed by atoms with Gasteiger partial charge in [-0.05, 0) is 51.9 Å². The molecule has 20 heavy (non-hydrogen) atoms. The van der Waals surface area contributed by atoms with Gasteiger partial charge < -0.3 is 5.32 Å². The Labute approximate surface area is 124 Å². The molecule has 1 atom stereocenters. The number of hydrogen-bond acceptors (Lipinski definition) is 2. The van der Waals surface area contributed by atoms with Crippen LogP contribution in [-0.4, -0.2) is 30.1 Å². The van der Waals surface area contributed by atoms with Crippen molar-refractivity contribution in [3.05, 3.63) is 35.9 Å². The summed E-state index contributed by atoms with van der Waals surface area (Å²) in [5, 5.41) is 3.72. The van der Waals surface area contributed by atoms with Crippen LogP contribution in [-0.2, 0) is 0 Å². The van der Waals surface area contributed by atoms with Gasteiger partial charge in [-0.15, -0.1) is 0 Å². The third kappa shape index (κ3) is 3.62. The predicted octanol–water partition coefficient (Wildman–Crippen LogP) is 3.99. The smallest absolute Gasteiger partial charge is 0.0501 e. The van der Waals surface area contributed by atoms with Crippen LogP contribution >= 0.6 is 0 Å². The van der Waals surface area contributed by atoms with E-state index in [4.69, 9.17) is 0 Å². The molecular formula is C18H30N2. The summed E-state index contributed by atoms with van der Waals surface area (Å²) < 4.78 is 0. The summed E-state index contributed by atoms with van der Waals surface area (Å²) in [7, 11) is 0. The molecule has 0 amide bonds. The van der Waals surface area contributed by atoms with Gasteiger partial charge in [0.15, 0.2) is 0 Å². The van der Waals surface area contributed by atoms with Gasteiger partial charge in [0.05, 0.1) is 6.04 Å². The van der Waals surface area contributed by atoms with Crippen LogP contribution in [0.15, 0.2) is 30.3 Å². The zero-order chi connectivity index (χ0) is 14.4. The lowest BCUT2D eigenvalue weighted by Crippen LogP contribution is -2.53. The molecule has 1 aliphatic rings. The molecule has 1 N–H and O–H groups in total. The van der Waals surface area contributed by atoms with Crippen molar-refractivity contribution in [2.45, 2.75) is 58.0 Å². The molecule has 1 unspecified atom stereocenters. The molecule has 1 aromatic rings. The van der Waals surface area contributed by atoms with Crippen molar-refractivity contribution in [2.75, 3.05) is 19.6 Å². The van der Waals surface area contributed by atoms with E-state index in [1.54, 1.807) is 0 Å². The van der Waals surface area contributed by atoms with Crippen LogP contribution in [0.5, 0.6) is 0 Å². The van der Waals surface area contributed by atoms with Gasteiger partial charge in [0, 0.05) is 5.54 Å². The zero-order valence-electron chi connectivity index (χ0n) is 13.4. The fourth-order valence-corrected chi connectivity index (χ4v) is 3.45. The Kier molecular flexibility index (Phi) is 5.62. The van der Waals surface area contributed by atoms with Crippen LogP contribution in [0.1, 0.15) is 58.1 Å². The minimum Gasteiger partial charge on any atom is -0.309 e. The Morgan fingerprint density at radius 3 is 2.20 bits per heavy atom. The second kappa shape index (κ2) is 7.24. The number of benzene rings is 1. The fraction of sp³-hybridized carbons (Fsp3) is 0.667. The number of nitrogens with zero attached hydrogens (tertiary/aromatic N) is 1. The first-order valence-corrected chi connectivity index (χ1v) is 8.19. The van der Waals surface area contributed by atoms with Crippen LogP contribution in [0.2, 0.25) is 0 Å². The summed E-state index contributed by atoms with van der Waals surface area (Å²) in [6, 6.07) is 11.3. The van der Waals surface area contributed by atoms with Crippen molar-refractivity contribution in [1.82, 2.24) is 10.2 Å². The van der Waals surface area contributed by atoms with E-state index in [1.165, 1.54) is 44.3 Å². The largest absolute Gasteiger partial charge is 0.309 e. The lowest BCUT2D eigenvalue weighted by molar-refractivity contribution is 0.0840. The number of nitrogens with one attached hydrogen (secondary N) is 1. The molecule has 1 saturated heterocycles. The quantitative estimate of drug-likeness (QED) is 0.873. The lowest BCUT2D eigenvalue weighted by atomic mass is 9.86. The van der Waals surface area contributed by atoms with Gasteiger partial charge in [-0.1, -0.05) is 50.1 Å².